The van der Waals surface area contributed by atoms with Crippen molar-refractivity contribution in [2.24, 2.45) is 0 Å². The third-order valence-electron chi connectivity index (χ3n) is 2.59. The minimum atomic E-state index is -0.183. The van der Waals surface area contributed by atoms with Crippen molar-refractivity contribution in [1.82, 2.24) is 15.2 Å². The number of anilines is 2. The van der Waals surface area contributed by atoms with Crippen LogP contribution < -0.4 is 10.9 Å². The third-order valence-corrected chi connectivity index (χ3v) is 2.84. The van der Waals surface area contributed by atoms with E-state index in [1.165, 1.54) is 0 Å². The van der Waals surface area contributed by atoms with Crippen molar-refractivity contribution in [1.29, 1.82) is 0 Å². The molecule has 0 saturated carbocycles. The number of H-pyrrole nitrogens is 2. The number of nitrogens with zero attached hydrogens (tertiary/aromatic N) is 1. The summed E-state index contributed by atoms with van der Waals surface area (Å²) in [5.74, 6) is 0.495. The summed E-state index contributed by atoms with van der Waals surface area (Å²) in [4.78, 5) is 14.3. The van der Waals surface area contributed by atoms with Gasteiger partial charge in [-0.1, -0.05) is 11.6 Å². The number of fused-ring (bicyclic) bond motifs is 1. The highest BCUT2D eigenvalue weighted by molar-refractivity contribution is 6.30. The highest BCUT2D eigenvalue weighted by Gasteiger charge is 2.08. The van der Waals surface area contributed by atoms with E-state index in [-0.39, 0.29) is 5.56 Å². The first-order chi connectivity index (χ1) is 8.74. The van der Waals surface area contributed by atoms with E-state index in [0.29, 0.717) is 21.7 Å². The maximum absolute atomic E-state index is 11.7. The van der Waals surface area contributed by atoms with Gasteiger partial charge in [-0.15, -0.1) is 0 Å². The number of benzene rings is 1. The monoisotopic (exact) mass is 260 g/mol. The van der Waals surface area contributed by atoms with Gasteiger partial charge in [0.25, 0.3) is 5.56 Å². The number of aromatic nitrogens is 3. The summed E-state index contributed by atoms with van der Waals surface area (Å²) in [5, 5.41) is 11.1. The molecule has 0 radical (unpaired) electrons. The molecule has 90 valence electrons. The Morgan fingerprint density at radius 3 is 2.72 bits per heavy atom. The van der Waals surface area contributed by atoms with E-state index >= 15 is 0 Å². The Balaban J connectivity index is 2.05. The molecule has 3 rings (SSSR count). The molecule has 18 heavy (non-hydrogen) atoms. The average Bonchev–Trinajstić information content (AvgIpc) is 2.77. The van der Waals surface area contributed by atoms with Crippen molar-refractivity contribution in [2.45, 2.75) is 0 Å². The van der Waals surface area contributed by atoms with Gasteiger partial charge in [-0.05, 0) is 30.3 Å². The first kappa shape index (κ1) is 10.9. The fraction of sp³-hybridized carbons (Fsp3) is 0. The van der Waals surface area contributed by atoms with Crippen molar-refractivity contribution < 1.29 is 0 Å². The summed E-state index contributed by atoms with van der Waals surface area (Å²) < 4.78 is 0. The molecule has 6 heteroatoms. The Labute approximate surface area is 107 Å². The van der Waals surface area contributed by atoms with Crippen molar-refractivity contribution in [3.63, 3.8) is 0 Å². The van der Waals surface area contributed by atoms with E-state index in [1.807, 2.05) is 12.1 Å². The van der Waals surface area contributed by atoms with E-state index in [9.17, 15) is 4.79 Å². The van der Waals surface area contributed by atoms with Gasteiger partial charge in [0.05, 0.1) is 5.52 Å². The van der Waals surface area contributed by atoms with Gasteiger partial charge in [-0.3, -0.25) is 9.89 Å². The molecule has 0 amide bonds. The molecule has 2 heterocycles. The van der Waals surface area contributed by atoms with Gasteiger partial charge in [0.1, 0.15) is 5.39 Å². The van der Waals surface area contributed by atoms with E-state index in [2.05, 4.69) is 20.5 Å². The van der Waals surface area contributed by atoms with Crippen LogP contribution in [0.25, 0.3) is 10.9 Å². The molecule has 0 saturated heterocycles. The molecule has 0 fully saturated rings. The molecule has 0 spiro atoms. The van der Waals surface area contributed by atoms with Crippen LogP contribution in [-0.2, 0) is 0 Å². The highest BCUT2D eigenvalue weighted by Crippen LogP contribution is 2.21. The lowest BCUT2D eigenvalue weighted by atomic mass is 10.3. The Bertz CT molecular complexity index is 745. The zero-order chi connectivity index (χ0) is 12.5. The van der Waals surface area contributed by atoms with Crippen molar-refractivity contribution in [2.75, 3.05) is 5.32 Å². The summed E-state index contributed by atoms with van der Waals surface area (Å²) in [6.45, 7) is 0. The maximum atomic E-state index is 11.7. The second-order valence-corrected chi connectivity index (χ2v) is 4.24. The lowest BCUT2D eigenvalue weighted by Crippen LogP contribution is -2.05. The molecule has 0 atom stereocenters. The first-order valence-electron chi connectivity index (χ1n) is 5.32. The zero-order valence-electron chi connectivity index (χ0n) is 9.20. The minimum absolute atomic E-state index is 0.183. The summed E-state index contributed by atoms with van der Waals surface area (Å²) in [6, 6.07) is 8.93. The average molecular weight is 261 g/mol. The topological polar surface area (TPSA) is 73.6 Å². The van der Waals surface area contributed by atoms with Crippen LogP contribution in [-0.4, -0.2) is 15.2 Å². The van der Waals surface area contributed by atoms with Gasteiger partial charge in [0.15, 0.2) is 5.82 Å². The van der Waals surface area contributed by atoms with E-state index < -0.39 is 0 Å². The molecule has 0 aliphatic carbocycles. The van der Waals surface area contributed by atoms with Gasteiger partial charge >= 0.3 is 0 Å². The fourth-order valence-corrected chi connectivity index (χ4v) is 1.87. The van der Waals surface area contributed by atoms with Crippen LogP contribution in [0.2, 0.25) is 5.02 Å². The van der Waals surface area contributed by atoms with Gasteiger partial charge < -0.3 is 10.3 Å². The molecular formula is C12H9ClN4O. The van der Waals surface area contributed by atoms with Crippen LogP contribution in [0.5, 0.6) is 0 Å². The van der Waals surface area contributed by atoms with Crippen LogP contribution in [0.1, 0.15) is 0 Å². The first-order valence-corrected chi connectivity index (χ1v) is 5.70. The second-order valence-electron chi connectivity index (χ2n) is 3.80. The third kappa shape index (κ3) is 1.84. The number of halogens is 1. The van der Waals surface area contributed by atoms with Crippen molar-refractivity contribution >= 4 is 34.0 Å². The van der Waals surface area contributed by atoms with E-state index in [1.54, 1.807) is 24.4 Å². The Hall–Kier alpha value is -2.27. The van der Waals surface area contributed by atoms with Crippen LogP contribution >= 0.6 is 11.6 Å². The quantitative estimate of drug-likeness (QED) is 0.663. The Kier molecular flexibility index (Phi) is 2.53. The number of rotatable bonds is 2. The van der Waals surface area contributed by atoms with Gasteiger partial charge in [0.2, 0.25) is 0 Å². The number of pyridine rings is 1. The molecule has 5 nitrogen and oxygen atoms in total. The number of hydrogen-bond donors (Lipinski definition) is 3. The minimum Gasteiger partial charge on any atom is -0.338 e. The molecule has 0 unspecified atom stereocenters. The smallest absolute Gasteiger partial charge is 0.261 e. The Morgan fingerprint density at radius 1 is 1.17 bits per heavy atom. The number of nitrogens with one attached hydrogen (secondary N) is 3. The Morgan fingerprint density at radius 2 is 1.94 bits per heavy atom. The summed E-state index contributed by atoms with van der Waals surface area (Å²) in [5.41, 5.74) is 1.32. The molecule has 0 bridgehead atoms. The standard InChI is InChI=1S/C12H9ClN4O/c13-7-1-3-8(4-2-7)15-11-10-9(16-17-11)5-6-14-12(10)18/h1-6H,(H,14,18)(H2,15,16,17). The second kappa shape index (κ2) is 4.19. The van der Waals surface area contributed by atoms with Gasteiger partial charge in [-0.25, -0.2) is 0 Å². The normalized spacial score (nSPS) is 10.7. The van der Waals surface area contributed by atoms with E-state index in [0.717, 1.165) is 5.69 Å². The molecule has 1 aromatic carbocycles. The lowest BCUT2D eigenvalue weighted by Gasteiger charge is -2.02. The zero-order valence-corrected chi connectivity index (χ0v) is 9.95. The number of hydrogen-bond acceptors (Lipinski definition) is 3. The van der Waals surface area contributed by atoms with Gasteiger partial charge in [0, 0.05) is 16.9 Å². The lowest BCUT2D eigenvalue weighted by molar-refractivity contribution is 1.12. The summed E-state index contributed by atoms with van der Waals surface area (Å²) in [7, 11) is 0. The highest BCUT2D eigenvalue weighted by atomic mass is 35.5. The van der Waals surface area contributed by atoms with E-state index in [4.69, 9.17) is 11.6 Å². The van der Waals surface area contributed by atoms with Crippen LogP contribution in [0.3, 0.4) is 0 Å². The van der Waals surface area contributed by atoms with Crippen molar-refractivity contribution in [3.05, 3.63) is 51.9 Å². The predicted molar refractivity (Wildman–Crippen MR) is 71.4 cm³/mol. The summed E-state index contributed by atoms with van der Waals surface area (Å²) in [6.07, 6.45) is 1.58. The summed E-state index contributed by atoms with van der Waals surface area (Å²) >= 11 is 5.81. The van der Waals surface area contributed by atoms with Crippen molar-refractivity contribution in [3.8, 4) is 0 Å². The molecular weight excluding hydrogens is 252 g/mol. The predicted octanol–water partition coefficient (Wildman–Crippen LogP) is 2.65. The molecule has 2 aromatic heterocycles. The fourth-order valence-electron chi connectivity index (χ4n) is 1.74. The molecule has 3 aromatic rings. The number of aromatic amines is 2. The SMILES string of the molecule is O=c1[nH]ccc2[nH]nc(Nc3ccc(Cl)cc3)c12. The molecule has 0 aliphatic rings. The maximum Gasteiger partial charge on any atom is 0.261 e. The van der Waals surface area contributed by atoms with Crippen LogP contribution in [0.15, 0.2) is 41.3 Å². The van der Waals surface area contributed by atoms with Crippen LogP contribution in [0, 0.1) is 0 Å². The molecule has 3 N–H and O–H groups in total. The van der Waals surface area contributed by atoms with Gasteiger partial charge in [-0.2, -0.15) is 5.10 Å². The van der Waals surface area contributed by atoms with Crippen LogP contribution in [0.4, 0.5) is 11.5 Å². The largest absolute Gasteiger partial charge is 0.338 e. The molecule has 0 aliphatic heterocycles.